The molecule has 7 aliphatic carbocycles. The first-order valence-corrected chi connectivity index (χ1v) is 40.5. The standard InChI is InChI=1S/C20H34O3.C16H22O6.C14H14.C12H24O3.C10H14O2.2C10H14O/c1-6-19(4,5)17(21)23-18(22-13(2)3)20-10-14-7-15(11-20)9-16(8-14)12-20;1-4-16(2,3)15(19)20-7-11(17)21-12-8-5-9-10(6-8)14(18)22-13(9)12;1-9-10(2)13-8-4-6-11-5-3-7-12(9)14(11)13;1-7-12(5,6)10(13)15-9-14-8-11(2,3)4;1-3-7(2)8-4-5-9(11)10(12)6-8;1-3-8(2)9-4-6-10(11)7-5-9;1-3-8(2)9-5-4-6-10(11)7-9/h13-16,18H,6-12H2,1-5H3;8-10,12-13H,4-7H2,1-3H3;3-10H,1-2H3;7-9H2,1-6H3;4-7,11-12H,3H2,1-2H3;2*4-8,11H,3H2,1-2H3. The fourth-order valence-corrected chi connectivity index (χ4v) is 15.8. The van der Waals surface area contributed by atoms with Crippen molar-refractivity contribution in [1.29, 1.82) is 0 Å². The third-order valence-corrected chi connectivity index (χ3v) is 24.3. The number of fused-ring (bicyclic) bond motifs is 1. The van der Waals surface area contributed by atoms with Gasteiger partial charge in [-0.1, -0.05) is 164 Å². The summed E-state index contributed by atoms with van der Waals surface area (Å²) in [6, 6.07) is 33.2. The maximum absolute atomic E-state index is 12.7. The van der Waals surface area contributed by atoms with Crippen LogP contribution >= 0.6 is 0 Å². The van der Waals surface area contributed by atoms with Crippen LogP contribution in [0.3, 0.4) is 0 Å². The zero-order valence-corrected chi connectivity index (χ0v) is 69.7. The van der Waals surface area contributed by atoms with Crippen LogP contribution in [0.1, 0.15) is 300 Å². The minimum absolute atomic E-state index is 0.00636. The topological polar surface area (TPSA) is 231 Å². The molecule has 5 aromatic rings. The van der Waals surface area contributed by atoms with E-state index in [9.17, 15) is 29.1 Å². The predicted octanol–water partition coefficient (Wildman–Crippen LogP) is 21.9. The number of phenolic OH excluding ortho intramolecular Hbond substituents is 4. The average molecular weight is 1500 g/mol. The highest BCUT2D eigenvalue weighted by molar-refractivity contribution is 5.92. The predicted molar refractivity (Wildman–Crippen MR) is 429 cm³/mol. The summed E-state index contributed by atoms with van der Waals surface area (Å²) in [5, 5.41) is 39.3. The number of benzene rings is 5. The minimum atomic E-state index is -0.610. The lowest BCUT2D eigenvalue weighted by Gasteiger charge is -2.58. The number of ether oxygens (including phenoxy) is 7. The monoisotopic (exact) mass is 1500 g/mol. The van der Waals surface area contributed by atoms with Gasteiger partial charge in [-0.3, -0.25) is 19.2 Å². The average Bonchev–Trinajstić information content (AvgIpc) is 1.35. The van der Waals surface area contributed by atoms with Crippen molar-refractivity contribution in [2.75, 3.05) is 20.0 Å². The van der Waals surface area contributed by atoms with E-state index in [0.29, 0.717) is 54.1 Å². The fourth-order valence-electron chi connectivity index (χ4n) is 15.8. The molecule has 11 atom stereocenters. The van der Waals surface area contributed by atoms with Gasteiger partial charge in [0.05, 0.1) is 34.9 Å². The second-order valence-electron chi connectivity index (χ2n) is 35.5. The molecule has 108 heavy (non-hydrogen) atoms. The summed E-state index contributed by atoms with van der Waals surface area (Å²) < 4.78 is 38.3. The third kappa shape index (κ3) is 24.4. The van der Waals surface area contributed by atoms with Crippen LogP contribution < -0.4 is 0 Å². The molecule has 0 amide bonds. The van der Waals surface area contributed by atoms with Crippen LogP contribution in [0.15, 0.2) is 103 Å². The highest BCUT2D eigenvalue weighted by Crippen LogP contribution is 2.62. The lowest BCUT2D eigenvalue weighted by Crippen LogP contribution is -2.54. The number of hydrogen-bond acceptors (Lipinski definition) is 16. The van der Waals surface area contributed by atoms with Crippen molar-refractivity contribution in [2.45, 2.75) is 296 Å². The molecule has 5 aromatic carbocycles. The van der Waals surface area contributed by atoms with E-state index in [0.717, 1.165) is 68.3 Å². The molecule has 6 bridgehead atoms. The first kappa shape index (κ1) is 89.7. The molecule has 1 saturated heterocycles. The number of hydrogen-bond donors (Lipinski definition) is 4. The Bertz CT molecular complexity index is 3610. The number of rotatable bonds is 22. The SMILES string of the molecule is CC1c2cccc3cccc(c23)C1C.CCC(C)(C)C(=O)OC(OC(C)C)C12CC3CC(CC(C3)C1)C2.CCC(C)(C)C(=O)OCC(=O)OC1C2CC3C(=O)OC1C3C2.CCC(C)(C)C(=O)OCOCC(C)(C)C.CCC(C)c1ccc(O)c(O)c1.CCC(C)c1ccc(O)cc1.CCC(C)c1cccc(O)c1. The van der Waals surface area contributed by atoms with Crippen molar-refractivity contribution in [2.24, 2.45) is 62.6 Å². The molecule has 0 radical (unpaired) electrons. The minimum Gasteiger partial charge on any atom is -0.508 e. The second kappa shape index (κ2) is 39.6. The summed E-state index contributed by atoms with van der Waals surface area (Å²) in [4.78, 5) is 59.6. The quantitative estimate of drug-likeness (QED) is 0.0166. The summed E-state index contributed by atoms with van der Waals surface area (Å²) in [7, 11) is 0. The summed E-state index contributed by atoms with van der Waals surface area (Å²) >= 11 is 0. The zero-order chi connectivity index (χ0) is 80.4. The van der Waals surface area contributed by atoms with Crippen LogP contribution in [-0.2, 0) is 57.1 Å². The van der Waals surface area contributed by atoms with E-state index >= 15 is 0 Å². The molecule has 600 valence electrons. The molecular weight excluding hydrogens is 1360 g/mol. The molecule has 1 heterocycles. The van der Waals surface area contributed by atoms with E-state index < -0.39 is 28.2 Å². The van der Waals surface area contributed by atoms with Gasteiger partial charge in [0.25, 0.3) is 0 Å². The molecule has 16 nitrogen and oxygen atoms in total. The lowest BCUT2D eigenvalue weighted by atomic mass is 9.49. The molecule has 7 fully saturated rings. The van der Waals surface area contributed by atoms with E-state index in [1.165, 1.54) is 77.6 Å². The molecule has 13 rings (SSSR count). The van der Waals surface area contributed by atoms with E-state index in [2.05, 4.69) is 113 Å². The number of carbonyl (C=O) groups excluding carboxylic acids is 5. The Kier molecular flexibility index (Phi) is 32.9. The van der Waals surface area contributed by atoms with Gasteiger partial charge in [0.1, 0.15) is 23.7 Å². The van der Waals surface area contributed by atoms with Gasteiger partial charge in [-0.15, -0.1) is 0 Å². The summed E-state index contributed by atoms with van der Waals surface area (Å²) in [5.41, 5.74) is 5.37. The van der Waals surface area contributed by atoms with E-state index in [1.807, 2.05) is 98.7 Å². The van der Waals surface area contributed by atoms with Crippen molar-refractivity contribution in [3.8, 4) is 23.0 Å². The Morgan fingerprint density at radius 2 is 1.03 bits per heavy atom. The van der Waals surface area contributed by atoms with Crippen LogP contribution in [-0.4, -0.2) is 94.9 Å². The Morgan fingerprint density at radius 3 is 1.51 bits per heavy atom. The van der Waals surface area contributed by atoms with Gasteiger partial charge in [-0.05, 0) is 273 Å². The van der Waals surface area contributed by atoms with Gasteiger partial charge in [0.2, 0.25) is 6.29 Å². The normalized spacial score (nSPS) is 24.1. The van der Waals surface area contributed by atoms with E-state index in [1.54, 1.807) is 38.1 Å². The molecule has 4 N–H and O–H groups in total. The van der Waals surface area contributed by atoms with Crippen molar-refractivity contribution in [3.63, 3.8) is 0 Å². The highest BCUT2D eigenvalue weighted by atomic mass is 16.7. The zero-order valence-electron chi connectivity index (χ0n) is 69.7. The van der Waals surface area contributed by atoms with Gasteiger partial charge in [0, 0.05) is 17.3 Å². The number of phenols is 4. The number of esters is 5. The molecule has 0 aromatic heterocycles. The first-order valence-electron chi connectivity index (χ1n) is 40.5. The van der Waals surface area contributed by atoms with E-state index in [-0.39, 0.29) is 96.0 Å². The molecule has 11 unspecified atom stereocenters. The second-order valence-corrected chi connectivity index (χ2v) is 35.5. The van der Waals surface area contributed by atoms with Crippen LogP contribution in [0.25, 0.3) is 10.8 Å². The largest absolute Gasteiger partial charge is 0.508 e. The number of carbonyl (C=O) groups is 5. The number of aromatic hydroxyl groups is 4. The van der Waals surface area contributed by atoms with Gasteiger partial charge in [-0.2, -0.15) is 0 Å². The highest BCUT2D eigenvalue weighted by Gasteiger charge is 2.63. The maximum Gasteiger partial charge on any atom is 0.344 e. The van der Waals surface area contributed by atoms with Gasteiger partial charge in [0.15, 0.2) is 24.9 Å². The summed E-state index contributed by atoms with van der Waals surface area (Å²) in [6.07, 6.45) is 13.9. The maximum atomic E-state index is 12.7. The van der Waals surface area contributed by atoms with Crippen LogP contribution in [0.5, 0.6) is 23.0 Å². The smallest absolute Gasteiger partial charge is 0.344 e. The molecular formula is C92H136O16. The Labute approximate surface area is 647 Å². The molecule has 1 aliphatic heterocycles. The van der Waals surface area contributed by atoms with E-state index in [4.69, 9.17) is 48.5 Å². The first-order chi connectivity index (χ1) is 50.7. The van der Waals surface area contributed by atoms with Gasteiger partial charge >= 0.3 is 29.8 Å². The van der Waals surface area contributed by atoms with Crippen LogP contribution in [0, 0.1) is 62.6 Å². The van der Waals surface area contributed by atoms with Crippen molar-refractivity contribution in [1.82, 2.24) is 0 Å². The van der Waals surface area contributed by atoms with Crippen LogP contribution in [0.2, 0.25) is 0 Å². The summed E-state index contributed by atoms with van der Waals surface area (Å²) in [5.74, 6) is 4.98. The van der Waals surface area contributed by atoms with Crippen molar-refractivity contribution >= 4 is 40.6 Å². The van der Waals surface area contributed by atoms with Gasteiger partial charge < -0.3 is 53.6 Å². The van der Waals surface area contributed by atoms with Crippen molar-refractivity contribution < 1.29 is 77.6 Å². The Morgan fingerprint density at radius 1 is 0.546 bits per heavy atom. The van der Waals surface area contributed by atoms with Crippen molar-refractivity contribution in [3.05, 3.63) is 131 Å². The lowest BCUT2D eigenvalue weighted by molar-refractivity contribution is -0.259. The Hall–Kier alpha value is -7.17. The van der Waals surface area contributed by atoms with Gasteiger partial charge in [-0.25, -0.2) is 4.79 Å². The Balaban J connectivity index is 0.000000201. The fraction of sp³-hybridized carbons (Fsp3) is 0.641. The molecule has 16 heteroatoms. The molecule has 6 saturated carbocycles. The summed E-state index contributed by atoms with van der Waals surface area (Å²) in [6.45, 7) is 45.2. The molecule has 0 spiro atoms. The third-order valence-electron chi connectivity index (χ3n) is 24.3. The van der Waals surface area contributed by atoms with Crippen LogP contribution in [0.4, 0.5) is 0 Å². The molecule has 8 aliphatic rings.